The predicted molar refractivity (Wildman–Crippen MR) is 40.3 cm³/mol. The van der Waals surface area contributed by atoms with Gasteiger partial charge in [-0.15, -0.1) is 0 Å². The SMILES string of the molecule is C=C1[C@@H](C)CCC(=O)N1C. The van der Waals surface area contributed by atoms with Crippen molar-refractivity contribution < 1.29 is 4.79 Å². The van der Waals surface area contributed by atoms with Crippen LogP contribution in [0.15, 0.2) is 12.3 Å². The van der Waals surface area contributed by atoms with Gasteiger partial charge in [0.1, 0.15) is 0 Å². The minimum Gasteiger partial charge on any atom is -0.320 e. The molecule has 0 N–H and O–H groups in total. The summed E-state index contributed by atoms with van der Waals surface area (Å²) in [5.74, 6) is 0.672. The molecule has 1 atom stereocenters. The number of amides is 1. The van der Waals surface area contributed by atoms with E-state index in [0.717, 1.165) is 12.1 Å². The van der Waals surface area contributed by atoms with Crippen LogP contribution in [0.3, 0.4) is 0 Å². The van der Waals surface area contributed by atoms with Gasteiger partial charge in [0.15, 0.2) is 0 Å². The number of rotatable bonds is 0. The van der Waals surface area contributed by atoms with E-state index in [1.165, 1.54) is 0 Å². The van der Waals surface area contributed by atoms with Crippen LogP contribution in [0.25, 0.3) is 0 Å². The summed E-state index contributed by atoms with van der Waals surface area (Å²) in [5, 5.41) is 0. The van der Waals surface area contributed by atoms with Crippen molar-refractivity contribution in [2.75, 3.05) is 7.05 Å². The second kappa shape index (κ2) is 2.45. The first kappa shape index (κ1) is 7.32. The first-order valence-corrected chi connectivity index (χ1v) is 3.58. The standard InChI is InChI=1S/C8H13NO/c1-6-4-5-8(10)9(3)7(6)2/h6H,2,4-5H2,1,3H3/t6-/m0/s1. The van der Waals surface area contributed by atoms with E-state index < -0.39 is 0 Å². The topological polar surface area (TPSA) is 20.3 Å². The van der Waals surface area contributed by atoms with Crippen molar-refractivity contribution in [1.82, 2.24) is 4.90 Å². The third kappa shape index (κ3) is 1.06. The van der Waals surface area contributed by atoms with Crippen LogP contribution in [0.5, 0.6) is 0 Å². The lowest BCUT2D eigenvalue weighted by Gasteiger charge is -2.29. The number of nitrogens with zero attached hydrogens (tertiary/aromatic N) is 1. The monoisotopic (exact) mass is 139 g/mol. The van der Waals surface area contributed by atoms with Crippen LogP contribution < -0.4 is 0 Å². The fraction of sp³-hybridized carbons (Fsp3) is 0.625. The van der Waals surface area contributed by atoms with Crippen LogP contribution in [0.1, 0.15) is 19.8 Å². The average Bonchev–Trinajstić information content (AvgIpc) is 1.93. The lowest BCUT2D eigenvalue weighted by Crippen LogP contribution is -2.33. The highest BCUT2D eigenvalue weighted by Crippen LogP contribution is 2.23. The van der Waals surface area contributed by atoms with Gasteiger partial charge in [-0.05, 0) is 12.3 Å². The summed E-state index contributed by atoms with van der Waals surface area (Å²) in [6, 6.07) is 0. The third-order valence-corrected chi connectivity index (χ3v) is 2.16. The molecule has 1 saturated heterocycles. The zero-order valence-electron chi connectivity index (χ0n) is 6.55. The van der Waals surface area contributed by atoms with E-state index in [0.29, 0.717) is 12.3 Å². The van der Waals surface area contributed by atoms with Crippen molar-refractivity contribution in [1.29, 1.82) is 0 Å². The Morgan fingerprint density at radius 1 is 1.70 bits per heavy atom. The molecule has 56 valence electrons. The van der Waals surface area contributed by atoms with Crippen LogP contribution in [0, 0.1) is 5.92 Å². The largest absolute Gasteiger partial charge is 0.320 e. The van der Waals surface area contributed by atoms with Gasteiger partial charge in [-0.3, -0.25) is 4.79 Å². The van der Waals surface area contributed by atoms with Gasteiger partial charge in [-0.2, -0.15) is 0 Å². The Bertz CT molecular complexity index is 174. The van der Waals surface area contributed by atoms with Gasteiger partial charge in [-0.25, -0.2) is 0 Å². The van der Waals surface area contributed by atoms with Crippen LogP contribution in [0.4, 0.5) is 0 Å². The van der Waals surface area contributed by atoms with Crippen LogP contribution in [-0.4, -0.2) is 17.9 Å². The van der Waals surface area contributed by atoms with Gasteiger partial charge >= 0.3 is 0 Å². The molecule has 0 aromatic heterocycles. The van der Waals surface area contributed by atoms with E-state index >= 15 is 0 Å². The lowest BCUT2D eigenvalue weighted by molar-refractivity contribution is -0.130. The van der Waals surface area contributed by atoms with Crippen molar-refractivity contribution in [3.8, 4) is 0 Å². The Labute approximate surface area is 61.5 Å². The minimum atomic E-state index is 0.197. The Balaban J connectivity index is 2.70. The second-order valence-electron chi connectivity index (χ2n) is 2.88. The molecule has 1 heterocycles. The smallest absolute Gasteiger partial charge is 0.226 e. The summed E-state index contributed by atoms with van der Waals surface area (Å²) in [7, 11) is 1.79. The number of carbonyl (C=O) groups excluding carboxylic acids is 1. The maximum absolute atomic E-state index is 11.0. The molecule has 1 aliphatic heterocycles. The maximum atomic E-state index is 11.0. The Hall–Kier alpha value is -0.790. The lowest BCUT2D eigenvalue weighted by atomic mass is 9.97. The molecule has 0 aliphatic carbocycles. The van der Waals surface area contributed by atoms with Crippen molar-refractivity contribution >= 4 is 5.91 Å². The van der Waals surface area contributed by atoms with Gasteiger partial charge in [0.25, 0.3) is 0 Å². The Morgan fingerprint density at radius 3 is 2.80 bits per heavy atom. The molecule has 1 aliphatic rings. The number of likely N-dealkylation sites (tertiary alicyclic amines) is 1. The summed E-state index contributed by atoms with van der Waals surface area (Å²) in [6.07, 6.45) is 1.64. The molecule has 0 aromatic rings. The summed E-state index contributed by atoms with van der Waals surface area (Å²) in [5.41, 5.74) is 0.955. The summed E-state index contributed by atoms with van der Waals surface area (Å²) in [6.45, 7) is 5.93. The molecule has 2 nitrogen and oxygen atoms in total. The number of piperidine rings is 1. The number of carbonyl (C=O) groups is 1. The first-order chi connectivity index (χ1) is 4.63. The van der Waals surface area contributed by atoms with Gasteiger partial charge in [0.2, 0.25) is 5.91 Å². The molecule has 0 aromatic carbocycles. The molecule has 0 radical (unpaired) electrons. The van der Waals surface area contributed by atoms with Crippen LogP contribution >= 0.6 is 0 Å². The van der Waals surface area contributed by atoms with Gasteiger partial charge in [0, 0.05) is 19.2 Å². The van der Waals surface area contributed by atoms with E-state index in [9.17, 15) is 4.79 Å². The van der Waals surface area contributed by atoms with Gasteiger partial charge in [0.05, 0.1) is 0 Å². The summed E-state index contributed by atoms with van der Waals surface area (Å²) >= 11 is 0. The highest BCUT2D eigenvalue weighted by atomic mass is 16.2. The second-order valence-corrected chi connectivity index (χ2v) is 2.88. The first-order valence-electron chi connectivity index (χ1n) is 3.58. The van der Waals surface area contributed by atoms with Gasteiger partial charge in [-0.1, -0.05) is 13.5 Å². The van der Waals surface area contributed by atoms with E-state index in [4.69, 9.17) is 0 Å². The Morgan fingerprint density at radius 2 is 2.30 bits per heavy atom. The molecular weight excluding hydrogens is 126 g/mol. The number of hydrogen-bond donors (Lipinski definition) is 0. The van der Waals surface area contributed by atoms with Crippen molar-refractivity contribution in [2.24, 2.45) is 5.92 Å². The normalized spacial score (nSPS) is 27.4. The molecule has 0 saturated carbocycles. The van der Waals surface area contributed by atoms with Crippen molar-refractivity contribution in [2.45, 2.75) is 19.8 Å². The molecule has 0 spiro atoms. The fourth-order valence-corrected chi connectivity index (χ4v) is 1.17. The van der Waals surface area contributed by atoms with E-state index in [2.05, 4.69) is 13.5 Å². The fourth-order valence-electron chi connectivity index (χ4n) is 1.17. The summed E-state index contributed by atoms with van der Waals surface area (Å²) in [4.78, 5) is 12.7. The number of hydrogen-bond acceptors (Lipinski definition) is 1. The Kier molecular flexibility index (Phi) is 1.79. The van der Waals surface area contributed by atoms with E-state index in [1.54, 1.807) is 11.9 Å². The van der Waals surface area contributed by atoms with Crippen molar-refractivity contribution in [3.63, 3.8) is 0 Å². The van der Waals surface area contributed by atoms with Crippen molar-refractivity contribution in [3.05, 3.63) is 12.3 Å². The molecular formula is C8H13NO. The quantitative estimate of drug-likeness (QED) is 0.496. The number of allylic oxidation sites excluding steroid dienone is 1. The molecule has 10 heavy (non-hydrogen) atoms. The minimum absolute atomic E-state index is 0.197. The highest BCUT2D eigenvalue weighted by molar-refractivity contribution is 5.78. The molecule has 2 heteroatoms. The van der Waals surface area contributed by atoms with Crippen LogP contribution in [-0.2, 0) is 4.79 Å². The van der Waals surface area contributed by atoms with E-state index in [1.807, 2.05) is 0 Å². The van der Waals surface area contributed by atoms with Crippen LogP contribution in [0.2, 0.25) is 0 Å². The van der Waals surface area contributed by atoms with E-state index in [-0.39, 0.29) is 5.91 Å². The zero-order valence-corrected chi connectivity index (χ0v) is 6.55. The molecule has 0 unspecified atom stereocenters. The molecule has 0 bridgehead atoms. The summed E-state index contributed by atoms with van der Waals surface area (Å²) < 4.78 is 0. The predicted octanol–water partition coefficient (Wildman–Crippen LogP) is 1.39. The average molecular weight is 139 g/mol. The highest BCUT2D eigenvalue weighted by Gasteiger charge is 2.22. The molecule has 1 amide bonds. The maximum Gasteiger partial charge on any atom is 0.226 e. The third-order valence-electron chi connectivity index (χ3n) is 2.16. The van der Waals surface area contributed by atoms with Gasteiger partial charge < -0.3 is 4.90 Å². The zero-order chi connectivity index (χ0) is 7.72. The molecule has 1 fully saturated rings. The molecule has 1 rings (SSSR count).